The first-order valence-electron chi connectivity index (χ1n) is 12.7. The minimum absolute atomic E-state index is 0.146. The molecule has 224 valence electrons. The number of rotatable bonds is 16. The second-order valence-corrected chi connectivity index (χ2v) is 8.95. The van der Waals surface area contributed by atoms with Gasteiger partial charge in [0.1, 0.15) is 26.4 Å². The van der Waals surface area contributed by atoms with Gasteiger partial charge in [0, 0.05) is 39.3 Å². The van der Waals surface area contributed by atoms with Crippen LogP contribution in [0.4, 0.5) is 9.59 Å². The van der Waals surface area contributed by atoms with Gasteiger partial charge in [-0.15, -0.1) is 0 Å². The van der Waals surface area contributed by atoms with E-state index < -0.39 is 49.3 Å². The molecule has 14 heteroatoms. The van der Waals surface area contributed by atoms with Crippen molar-refractivity contribution >= 4 is 36.1 Å². The molecular formula is C26H38N2O12. The zero-order valence-corrected chi connectivity index (χ0v) is 23.0. The Hall–Kier alpha value is -4.10. The van der Waals surface area contributed by atoms with Gasteiger partial charge in [0.2, 0.25) is 0 Å². The van der Waals surface area contributed by atoms with E-state index in [-0.39, 0.29) is 38.3 Å². The standard InChI is InChI=1S/C26H38N2O12/c1-5-21(29)39-17-23(31)35-10-12-37-25(33)27(3)15-19-8-7-9-20(14-19)16-28(4)26(34)38-13-11-36-24(32)18-40-22(30)6-2/h5-6,19-20H,1-2,7-18H2,3-4H3. The molecule has 2 amide bonds. The second kappa shape index (κ2) is 19.0. The Morgan fingerprint density at radius 2 is 1.02 bits per heavy atom. The van der Waals surface area contributed by atoms with Crippen LogP contribution >= 0.6 is 0 Å². The first-order chi connectivity index (χ1) is 19.0. The van der Waals surface area contributed by atoms with Crippen LogP contribution in [0.1, 0.15) is 25.7 Å². The van der Waals surface area contributed by atoms with E-state index >= 15 is 0 Å². The molecule has 0 aromatic heterocycles. The molecule has 0 aliphatic heterocycles. The maximum atomic E-state index is 12.3. The summed E-state index contributed by atoms with van der Waals surface area (Å²) < 4.78 is 28.9. The van der Waals surface area contributed by atoms with Crippen LogP contribution in [-0.2, 0) is 47.6 Å². The van der Waals surface area contributed by atoms with Crippen LogP contribution < -0.4 is 0 Å². The second-order valence-electron chi connectivity index (χ2n) is 8.95. The Morgan fingerprint density at radius 1 is 0.650 bits per heavy atom. The SMILES string of the molecule is C=CC(=O)OCC(=O)OCCOC(=O)N(C)CC1CCCC(CN(C)C(=O)OCCOC(=O)COC(=O)C=C)C1. The summed E-state index contributed by atoms with van der Waals surface area (Å²) in [6.45, 7) is 5.60. The van der Waals surface area contributed by atoms with Gasteiger partial charge in [0.05, 0.1) is 0 Å². The molecule has 1 rings (SSSR count). The van der Waals surface area contributed by atoms with Gasteiger partial charge >= 0.3 is 36.1 Å². The molecule has 2 unspecified atom stereocenters. The number of carbonyl (C=O) groups is 6. The quantitative estimate of drug-likeness (QED) is 0.114. The molecule has 1 aliphatic carbocycles. The molecule has 0 aromatic carbocycles. The van der Waals surface area contributed by atoms with Gasteiger partial charge in [-0.1, -0.05) is 19.6 Å². The van der Waals surface area contributed by atoms with E-state index in [1.54, 1.807) is 14.1 Å². The maximum absolute atomic E-state index is 12.3. The predicted octanol–water partition coefficient (Wildman–Crippen LogP) is 1.47. The van der Waals surface area contributed by atoms with Crippen molar-refractivity contribution in [1.29, 1.82) is 0 Å². The van der Waals surface area contributed by atoms with Crippen molar-refractivity contribution in [3.05, 3.63) is 25.3 Å². The van der Waals surface area contributed by atoms with E-state index in [2.05, 4.69) is 22.6 Å². The van der Waals surface area contributed by atoms with E-state index in [9.17, 15) is 28.8 Å². The third-order valence-corrected chi connectivity index (χ3v) is 5.72. The van der Waals surface area contributed by atoms with E-state index in [4.69, 9.17) is 18.9 Å². The third kappa shape index (κ3) is 14.7. The average molecular weight is 571 g/mol. The Kier molecular flexibility index (Phi) is 16.1. The lowest BCUT2D eigenvalue weighted by molar-refractivity contribution is -0.156. The van der Waals surface area contributed by atoms with E-state index in [0.717, 1.165) is 37.8 Å². The van der Waals surface area contributed by atoms with Gasteiger partial charge in [0.15, 0.2) is 13.2 Å². The van der Waals surface area contributed by atoms with Gasteiger partial charge in [-0.3, -0.25) is 0 Å². The largest absolute Gasteiger partial charge is 0.460 e. The van der Waals surface area contributed by atoms with Crippen LogP contribution in [0.5, 0.6) is 0 Å². The molecule has 40 heavy (non-hydrogen) atoms. The number of hydrogen-bond donors (Lipinski definition) is 0. The van der Waals surface area contributed by atoms with Crippen molar-refractivity contribution in [2.45, 2.75) is 25.7 Å². The zero-order chi connectivity index (χ0) is 29.9. The summed E-state index contributed by atoms with van der Waals surface area (Å²) in [7, 11) is 3.24. The summed E-state index contributed by atoms with van der Waals surface area (Å²) in [5.41, 5.74) is 0. The molecule has 0 heterocycles. The normalized spacial score (nSPS) is 15.9. The Bertz CT molecular complexity index is 836. The fraction of sp³-hybridized carbons (Fsp3) is 0.615. The number of nitrogens with zero attached hydrogens (tertiary/aromatic N) is 2. The van der Waals surface area contributed by atoms with Crippen LogP contribution in [0, 0.1) is 11.8 Å². The highest BCUT2D eigenvalue weighted by Crippen LogP contribution is 2.30. The minimum atomic E-state index is -0.770. The molecule has 14 nitrogen and oxygen atoms in total. The van der Waals surface area contributed by atoms with Crippen LogP contribution in [-0.4, -0.2) is 113 Å². The highest BCUT2D eigenvalue weighted by atomic mass is 16.6. The molecule has 0 N–H and O–H groups in total. The smallest absolute Gasteiger partial charge is 0.409 e. The molecule has 1 aliphatic rings. The third-order valence-electron chi connectivity index (χ3n) is 5.72. The van der Waals surface area contributed by atoms with Gasteiger partial charge < -0.3 is 38.2 Å². The lowest BCUT2D eigenvalue weighted by Crippen LogP contribution is -2.38. The molecule has 2 atom stereocenters. The first-order valence-corrected chi connectivity index (χ1v) is 12.7. The van der Waals surface area contributed by atoms with Crippen LogP contribution in [0.15, 0.2) is 25.3 Å². The van der Waals surface area contributed by atoms with Crippen molar-refractivity contribution in [3.8, 4) is 0 Å². The molecule has 0 aromatic rings. The van der Waals surface area contributed by atoms with Crippen molar-refractivity contribution in [1.82, 2.24) is 9.80 Å². The summed E-state index contributed by atoms with van der Waals surface area (Å²) in [5.74, 6) is -2.60. The number of amides is 2. The van der Waals surface area contributed by atoms with Crippen molar-refractivity contribution < 1.29 is 57.2 Å². The van der Waals surface area contributed by atoms with Gasteiger partial charge in [-0.25, -0.2) is 28.8 Å². The van der Waals surface area contributed by atoms with E-state index in [1.165, 1.54) is 9.80 Å². The number of ether oxygens (including phenoxy) is 6. The summed E-state index contributed by atoms with van der Waals surface area (Å²) >= 11 is 0. The van der Waals surface area contributed by atoms with Crippen LogP contribution in [0.25, 0.3) is 0 Å². The van der Waals surface area contributed by atoms with Gasteiger partial charge in [-0.05, 0) is 31.1 Å². The summed E-state index contributed by atoms with van der Waals surface area (Å²) in [6.07, 6.45) is 4.33. The van der Waals surface area contributed by atoms with Crippen molar-refractivity contribution in [2.24, 2.45) is 11.8 Å². The minimum Gasteiger partial charge on any atom is -0.460 e. The number of carbonyl (C=O) groups excluding carboxylic acids is 6. The van der Waals surface area contributed by atoms with E-state index in [1.807, 2.05) is 0 Å². The Morgan fingerprint density at radius 3 is 1.40 bits per heavy atom. The highest BCUT2D eigenvalue weighted by Gasteiger charge is 2.27. The lowest BCUT2D eigenvalue weighted by atomic mass is 9.81. The van der Waals surface area contributed by atoms with Gasteiger partial charge in [0.25, 0.3) is 0 Å². The predicted molar refractivity (Wildman–Crippen MR) is 138 cm³/mol. The fourth-order valence-corrected chi connectivity index (χ4v) is 3.91. The monoisotopic (exact) mass is 570 g/mol. The molecule has 0 saturated heterocycles. The molecular weight excluding hydrogens is 532 g/mol. The van der Waals surface area contributed by atoms with Crippen LogP contribution in [0.2, 0.25) is 0 Å². The summed E-state index contributed by atoms with van der Waals surface area (Å²) in [6, 6.07) is 0. The first kappa shape index (κ1) is 33.9. The van der Waals surface area contributed by atoms with E-state index in [0.29, 0.717) is 13.1 Å². The summed E-state index contributed by atoms with van der Waals surface area (Å²) in [5, 5.41) is 0. The fourth-order valence-electron chi connectivity index (χ4n) is 3.91. The highest BCUT2D eigenvalue weighted by molar-refractivity contribution is 5.84. The Labute approximate surface area is 233 Å². The number of hydrogen-bond acceptors (Lipinski definition) is 12. The Balaban J connectivity index is 2.26. The zero-order valence-electron chi connectivity index (χ0n) is 23.0. The summed E-state index contributed by atoms with van der Waals surface area (Å²) in [4.78, 5) is 72.2. The van der Waals surface area contributed by atoms with Gasteiger partial charge in [-0.2, -0.15) is 0 Å². The molecule has 0 bridgehead atoms. The molecule has 1 fully saturated rings. The molecule has 1 saturated carbocycles. The van der Waals surface area contributed by atoms with Crippen molar-refractivity contribution in [3.63, 3.8) is 0 Å². The van der Waals surface area contributed by atoms with Crippen LogP contribution in [0.3, 0.4) is 0 Å². The maximum Gasteiger partial charge on any atom is 0.409 e. The average Bonchev–Trinajstić information content (AvgIpc) is 2.94. The topological polar surface area (TPSA) is 164 Å². The molecule has 0 spiro atoms. The number of esters is 4. The van der Waals surface area contributed by atoms with Crippen molar-refractivity contribution in [2.75, 3.05) is 66.8 Å². The molecule has 0 radical (unpaired) electrons. The lowest BCUT2D eigenvalue weighted by Gasteiger charge is -2.33.